The molecule has 1 aromatic rings. The van der Waals surface area contributed by atoms with E-state index in [9.17, 15) is 15.0 Å². The summed E-state index contributed by atoms with van der Waals surface area (Å²) in [7, 11) is 1.48. The van der Waals surface area contributed by atoms with Crippen molar-refractivity contribution in [2.45, 2.75) is 65.1 Å². The van der Waals surface area contributed by atoms with Gasteiger partial charge in [0.15, 0.2) is 11.5 Å². The molecular weight excluding hydrogens is 380 g/mol. The highest BCUT2D eigenvalue weighted by atomic mass is 16.5. The summed E-state index contributed by atoms with van der Waals surface area (Å²) in [6.45, 7) is 8.38. The van der Waals surface area contributed by atoms with Crippen LogP contribution in [0.15, 0.2) is 35.9 Å². The van der Waals surface area contributed by atoms with Crippen molar-refractivity contribution in [1.29, 1.82) is 0 Å². The first-order valence-electron chi connectivity index (χ1n) is 10.7. The number of methoxy groups -OCH3 is 1. The number of phenolic OH excluding ortho intramolecular Hbond substituents is 1. The van der Waals surface area contributed by atoms with Crippen molar-refractivity contribution in [3.05, 3.63) is 41.5 Å². The van der Waals surface area contributed by atoms with E-state index in [0.29, 0.717) is 12.2 Å². The quantitative estimate of drug-likeness (QED) is 0.408. The number of esters is 1. The molecule has 2 aliphatic rings. The molecule has 4 atom stereocenters. The van der Waals surface area contributed by atoms with Crippen molar-refractivity contribution in [2.75, 3.05) is 7.11 Å². The highest BCUT2D eigenvalue weighted by Gasteiger charge is 2.59. The topological polar surface area (TPSA) is 76.0 Å². The predicted octanol–water partition coefficient (Wildman–Crippen LogP) is 4.87. The van der Waals surface area contributed by atoms with Crippen molar-refractivity contribution in [3.8, 4) is 11.5 Å². The number of rotatable bonds is 5. The first-order valence-corrected chi connectivity index (χ1v) is 10.7. The molecule has 5 heteroatoms. The first kappa shape index (κ1) is 22.4. The molecule has 0 radical (unpaired) electrons. The summed E-state index contributed by atoms with van der Waals surface area (Å²) >= 11 is 0. The van der Waals surface area contributed by atoms with Gasteiger partial charge in [-0.25, -0.2) is 4.79 Å². The van der Waals surface area contributed by atoms with Crippen LogP contribution < -0.4 is 4.74 Å². The number of aliphatic hydroxyl groups is 1. The highest BCUT2D eigenvalue weighted by molar-refractivity contribution is 5.87. The Bertz CT molecular complexity index is 855. The second-order valence-corrected chi connectivity index (χ2v) is 9.48. The number of benzene rings is 1. The standard InChI is InChI=1S/C25H34O5/c1-16(2)25(28)13-12-24(4)11-10-17(3)14-21(23(24)25)30-22(27)9-7-18-6-8-19(26)20(15-18)29-5/h6-10,15-16,21,23,26,28H,11-14H2,1-5H3/b9-7+/t21-,23+,24-,25+/m0/s1. The average molecular weight is 415 g/mol. The van der Waals surface area contributed by atoms with Gasteiger partial charge in [0.1, 0.15) is 6.10 Å². The zero-order chi connectivity index (χ0) is 22.1. The Balaban J connectivity index is 1.82. The van der Waals surface area contributed by atoms with Gasteiger partial charge < -0.3 is 19.7 Å². The fourth-order valence-corrected chi connectivity index (χ4v) is 5.23. The molecular formula is C25H34O5. The molecule has 0 unspecified atom stereocenters. The molecule has 0 saturated heterocycles. The minimum Gasteiger partial charge on any atom is -0.504 e. The summed E-state index contributed by atoms with van der Waals surface area (Å²) < 4.78 is 11.1. The lowest BCUT2D eigenvalue weighted by Crippen LogP contribution is -2.50. The third-order valence-corrected chi connectivity index (χ3v) is 7.08. The smallest absolute Gasteiger partial charge is 0.331 e. The van der Waals surface area contributed by atoms with Crippen LogP contribution >= 0.6 is 0 Å². The van der Waals surface area contributed by atoms with Crippen LogP contribution in [-0.4, -0.2) is 35.0 Å². The van der Waals surface area contributed by atoms with Crippen molar-refractivity contribution in [1.82, 2.24) is 0 Å². The Morgan fingerprint density at radius 2 is 2.03 bits per heavy atom. The Morgan fingerprint density at radius 1 is 1.30 bits per heavy atom. The maximum absolute atomic E-state index is 12.7. The fourth-order valence-electron chi connectivity index (χ4n) is 5.23. The number of hydrogen-bond donors (Lipinski definition) is 2. The molecule has 3 rings (SSSR count). The molecule has 0 spiro atoms. The monoisotopic (exact) mass is 414 g/mol. The molecule has 5 nitrogen and oxygen atoms in total. The second kappa shape index (κ2) is 8.46. The summed E-state index contributed by atoms with van der Waals surface area (Å²) in [6, 6.07) is 4.88. The minimum atomic E-state index is -0.841. The summed E-state index contributed by atoms with van der Waals surface area (Å²) in [6.07, 6.45) is 8.12. The van der Waals surface area contributed by atoms with Gasteiger partial charge in [-0.15, -0.1) is 0 Å². The van der Waals surface area contributed by atoms with Gasteiger partial charge in [-0.2, -0.15) is 0 Å². The maximum Gasteiger partial charge on any atom is 0.331 e. The van der Waals surface area contributed by atoms with Crippen molar-refractivity contribution < 1.29 is 24.5 Å². The van der Waals surface area contributed by atoms with Crippen LogP contribution in [0.4, 0.5) is 0 Å². The zero-order valence-corrected chi connectivity index (χ0v) is 18.6. The van der Waals surface area contributed by atoms with Gasteiger partial charge in [-0.05, 0) is 61.3 Å². The number of allylic oxidation sites excluding steroid dienone is 1. The lowest BCUT2D eigenvalue weighted by Gasteiger charge is -2.43. The molecule has 0 bridgehead atoms. The van der Waals surface area contributed by atoms with E-state index in [-0.39, 0.29) is 29.1 Å². The van der Waals surface area contributed by atoms with Crippen LogP contribution in [0.5, 0.6) is 11.5 Å². The Labute approximate surface area is 179 Å². The zero-order valence-electron chi connectivity index (χ0n) is 18.6. The molecule has 0 aromatic heterocycles. The van der Waals surface area contributed by atoms with E-state index in [4.69, 9.17) is 9.47 Å². The lowest BCUT2D eigenvalue weighted by atomic mass is 9.67. The van der Waals surface area contributed by atoms with Gasteiger partial charge in [-0.1, -0.05) is 38.5 Å². The van der Waals surface area contributed by atoms with Crippen LogP contribution in [0.3, 0.4) is 0 Å². The summed E-state index contributed by atoms with van der Waals surface area (Å²) in [5.41, 5.74) is 0.992. The molecule has 1 aromatic carbocycles. The molecule has 1 saturated carbocycles. The number of ether oxygens (including phenoxy) is 2. The van der Waals surface area contributed by atoms with Crippen LogP contribution in [0, 0.1) is 17.3 Å². The van der Waals surface area contributed by atoms with Gasteiger partial charge in [0.05, 0.1) is 12.7 Å². The molecule has 164 valence electrons. The van der Waals surface area contributed by atoms with E-state index < -0.39 is 11.6 Å². The Kier molecular flexibility index (Phi) is 6.32. The van der Waals surface area contributed by atoms with Gasteiger partial charge in [-0.3, -0.25) is 0 Å². The van der Waals surface area contributed by atoms with E-state index in [1.807, 2.05) is 13.8 Å². The Morgan fingerprint density at radius 3 is 2.70 bits per heavy atom. The maximum atomic E-state index is 12.7. The number of aromatic hydroxyl groups is 1. The van der Waals surface area contributed by atoms with E-state index >= 15 is 0 Å². The SMILES string of the molecule is COc1cc(/C=C/C(=O)O[C@H]2CC(C)=CC[C@@]3(C)CC[C@@](O)(C(C)C)[C@H]23)ccc1O. The van der Waals surface area contributed by atoms with Gasteiger partial charge in [0, 0.05) is 18.4 Å². The van der Waals surface area contributed by atoms with Gasteiger partial charge in [0.2, 0.25) is 0 Å². The van der Waals surface area contributed by atoms with Crippen LogP contribution in [0.2, 0.25) is 0 Å². The number of carbonyl (C=O) groups is 1. The number of hydrogen-bond acceptors (Lipinski definition) is 5. The molecule has 0 amide bonds. The van der Waals surface area contributed by atoms with Crippen molar-refractivity contribution in [2.24, 2.45) is 17.3 Å². The van der Waals surface area contributed by atoms with Crippen molar-refractivity contribution in [3.63, 3.8) is 0 Å². The summed E-state index contributed by atoms with van der Waals surface area (Å²) in [4.78, 5) is 12.7. The largest absolute Gasteiger partial charge is 0.504 e. The van der Waals surface area contributed by atoms with Crippen LogP contribution in [0.25, 0.3) is 6.08 Å². The number of phenols is 1. The summed E-state index contributed by atoms with van der Waals surface area (Å²) in [5, 5.41) is 21.3. The Hall–Kier alpha value is -2.27. The molecule has 0 heterocycles. The molecule has 2 aliphatic carbocycles. The van der Waals surface area contributed by atoms with Gasteiger partial charge in [0.25, 0.3) is 0 Å². The molecule has 2 N–H and O–H groups in total. The molecule has 1 fully saturated rings. The minimum absolute atomic E-state index is 0.0476. The molecule has 30 heavy (non-hydrogen) atoms. The fraction of sp³-hybridized carbons (Fsp3) is 0.560. The van der Waals surface area contributed by atoms with E-state index in [2.05, 4.69) is 19.9 Å². The lowest BCUT2D eigenvalue weighted by molar-refractivity contribution is -0.160. The predicted molar refractivity (Wildman–Crippen MR) is 117 cm³/mol. The van der Waals surface area contributed by atoms with E-state index in [1.165, 1.54) is 24.8 Å². The number of fused-ring (bicyclic) bond motifs is 1. The first-order chi connectivity index (χ1) is 14.1. The summed E-state index contributed by atoms with van der Waals surface area (Å²) in [5.74, 6) is -0.0546. The van der Waals surface area contributed by atoms with Crippen LogP contribution in [0.1, 0.15) is 58.9 Å². The number of carbonyl (C=O) groups excluding carboxylic acids is 1. The van der Waals surface area contributed by atoms with Gasteiger partial charge >= 0.3 is 5.97 Å². The van der Waals surface area contributed by atoms with E-state index in [1.54, 1.807) is 18.2 Å². The van der Waals surface area contributed by atoms with Crippen molar-refractivity contribution >= 4 is 12.0 Å². The average Bonchev–Trinajstić information content (AvgIpc) is 2.90. The third kappa shape index (κ3) is 4.27. The van der Waals surface area contributed by atoms with E-state index in [0.717, 1.165) is 24.8 Å². The normalized spacial score (nSPS) is 31.4. The molecule has 0 aliphatic heterocycles. The third-order valence-electron chi connectivity index (χ3n) is 7.08. The van der Waals surface area contributed by atoms with Crippen LogP contribution in [-0.2, 0) is 9.53 Å². The highest BCUT2D eigenvalue weighted by Crippen LogP contribution is 2.58. The second-order valence-electron chi connectivity index (χ2n) is 9.48.